The number of amides is 1. The number of morpholine rings is 1. The topological polar surface area (TPSA) is 103 Å². The molecular formula is C28H27ClN6O4S. The Kier molecular flexibility index (Phi) is 7.28. The lowest BCUT2D eigenvalue weighted by atomic mass is 10.2. The second-order valence-electron chi connectivity index (χ2n) is 9.63. The van der Waals surface area contributed by atoms with E-state index in [0.29, 0.717) is 58.7 Å². The molecule has 0 bridgehead atoms. The van der Waals surface area contributed by atoms with Crippen LogP contribution >= 0.6 is 22.9 Å². The van der Waals surface area contributed by atoms with Crippen LogP contribution in [0.4, 0.5) is 5.69 Å². The van der Waals surface area contributed by atoms with Crippen LogP contribution in [0.2, 0.25) is 5.02 Å². The van der Waals surface area contributed by atoms with Gasteiger partial charge in [0.15, 0.2) is 0 Å². The minimum Gasteiger partial charge on any atom is -0.379 e. The molecule has 10 nitrogen and oxygen atoms in total. The molecule has 1 aliphatic heterocycles. The molecule has 0 radical (unpaired) electrons. The summed E-state index contributed by atoms with van der Waals surface area (Å²) in [7, 11) is 0. The van der Waals surface area contributed by atoms with Crippen LogP contribution in [0.5, 0.6) is 0 Å². The lowest BCUT2D eigenvalue weighted by Gasteiger charge is -2.27. The summed E-state index contributed by atoms with van der Waals surface area (Å²) in [5, 5.41) is 4.21. The molecule has 6 rings (SSSR count). The highest BCUT2D eigenvalue weighted by Crippen LogP contribution is 2.26. The van der Waals surface area contributed by atoms with Gasteiger partial charge in [-0.05, 0) is 43.3 Å². The van der Waals surface area contributed by atoms with E-state index in [1.54, 1.807) is 40.4 Å². The average molecular weight is 579 g/mol. The lowest BCUT2D eigenvalue weighted by Crippen LogP contribution is -2.39. The van der Waals surface area contributed by atoms with Gasteiger partial charge in [-0.3, -0.25) is 24.0 Å². The molecule has 1 amide bonds. The van der Waals surface area contributed by atoms with E-state index in [1.807, 2.05) is 24.3 Å². The van der Waals surface area contributed by atoms with Crippen molar-refractivity contribution >= 4 is 55.7 Å². The van der Waals surface area contributed by atoms with Gasteiger partial charge in [0.05, 0.1) is 34.3 Å². The van der Waals surface area contributed by atoms with Gasteiger partial charge in [-0.2, -0.15) is 4.68 Å². The van der Waals surface area contributed by atoms with Crippen molar-refractivity contribution in [1.29, 1.82) is 0 Å². The molecule has 206 valence electrons. The molecule has 1 saturated heterocycles. The van der Waals surface area contributed by atoms with E-state index in [0.717, 1.165) is 23.3 Å². The summed E-state index contributed by atoms with van der Waals surface area (Å²) in [6.07, 6.45) is 0. The number of carbonyl (C=O) groups is 1. The number of para-hydroxylation sites is 1. The Morgan fingerprint density at radius 3 is 2.58 bits per heavy atom. The number of anilines is 1. The number of hydrogen-bond acceptors (Lipinski definition) is 7. The summed E-state index contributed by atoms with van der Waals surface area (Å²) >= 11 is 7.33. The third-order valence-corrected chi connectivity index (χ3v) is 8.37. The number of pyridine rings is 1. The van der Waals surface area contributed by atoms with Crippen molar-refractivity contribution in [2.45, 2.75) is 20.0 Å². The molecule has 40 heavy (non-hydrogen) atoms. The molecule has 4 heterocycles. The standard InChI is InChI=1S/C28H27ClN6O4S/c1-18-26-22(16-25(37)33(18)11-10-32-12-14-39-15-13-32)34(17-24(36)30-20-8-6-19(29)7-9-20)35(27(26)38)28-31-21-4-2-3-5-23(21)40-28/h2-9,16H,10-15,17H2,1H3,(H,30,36). The molecule has 12 heteroatoms. The van der Waals surface area contributed by atoms with Gasteiger partial charge >= 0.3 is 0 Å². The fourth-order valence-electron chi connectivity index (χ4n) is 5.05. The smallest absolute Gasteiger partial charge is 0.283 e. The van der Waals surface area contributed by atoms with Crippen molar-refractivity contribution < 1.29 is 9.53 Å². The minimum absolute atomic E-state index is 0.200. The van der Waals surface area contributed by atoms with E-state index < -0.39 is 0 Å². The first-order valence-electron chi connectivity index (χ1n) is 13.0. The molecule has 1 fully saturated rings. The minimum atomic E-state index is -0.358. The predicted octanol–water partition coefficient (Wildman–Crippen LogP) is 3.50. The van der Waals surface area contributed by atoms with E-state index in [1.165, 1.54) is 22.1 Å². The van der Waals surface area contributed by atoms with Gasteiger partial charge in [-0.15, -0.1) is 0 Å². The molecule has 1 aliphatic rings. The summed E-state index contributed by atoms with van der Waals surface area (Å²) in [6, 6.07) is 15.8. The number of thiazole rings is 1. The van der Waals surface area contributed by atoms with Gasteiger partial charge in [-0.25, -0.2) is 4.98 Å². The lowest BCUT2D eigenvalue weighted by molar-refractivity contribution is -0.116. The number of nitrogens with one attached hydrogen (secondary N) is 1. The van der Waals surface area contributed by atoms with Crippen LogP contribution in [0.25, 0.3) is 26.3 Å². The van der Waals surface area contributed by atoms with Crippen LogP contribution < -0.4 is 16.4 Å². The maximum Gasteiger partial charge on any atom is 0.283 e. The van der Waals surface area contributed by atoms with Crippen LogP contribution in [0.15, 0.2) is 64.2 Å². The van der Waals surface area contributed by atoms with E-state index >= 15 is 0 Å². The van der Waals surface area contributed by atoms with E-state index in [-0.39, 0.29) is 23.6 Å². The third kappa shape index (κ3) is 5.08. The second kappa shape index (κ2) is 11.0. The molecule has 0 atom stereocenters. The number of aromatic nitrogens is 4. The molecule has 0 unspecified atom stereocenters. The summed E-state index contributed by atoms with van der Waals surface area (Å²) in [6.45, 7) is 5.65. The SMILES string of the molecule is Cc1c2c(=O)n(-c3nc4ccccc4s3)n(CC(=O)Nc3ccc(Cl)cc3)c2cc(=O)n1CCN1CCOCC1. The number of aryl methyl sites for hydroxylation is 1. The zero-order valence-corrected chi connectivity index (χ0v) is 23.4. The monoisotopic (exact) mass is 578 g/mol. The fraction of sp³-hybridized carbons (Fsp3) is 0.286. The van der Waals surface area contributed by atoms with E-state index in [2.05, 4.69) is 15.2 Å². The van der Waals surface area contributed by atoms with Crippen molar-refractivity contribution in [2.24, 2.45) is 0 Å². The molecule has 3 aromatic heterocycles. The highest BCUT2D eigenvalue weighted by molar-refractivity contribution is 7.20. The van der Waals surface area contributed by atoms with Gasteiger partial charge in [-0.1, -0.05) is 35.1 Å². The number of ether oxygens (including phenoxy) is 1. The number of hydrogen-bond donors (Lipinski definition) is 1. The molecule has 5 aromatic rings. The van der Waals surface area contributed by atoms with E-state index in [4.69, 9.17) is 16.3 Å². The Hall–Kier alpha value is -3.77. The second-order valence-corrected chi connectivity index (χ2v) is 11.1. The predicted molar refractivity (Wildman–Crippen MR) is 157 cm³/mol. The van der Waals surface area contributed by atoms with Crippen LogP contribution in [-0.4, -0.2) is 62.6 Å². The zero-order chi connectivity index (χ0) is 27.8. The summed E-state index contributed by atoms with van der Waals surface area (Å²) < 4.78 is 10.9. The van der Waals surface area contributed by atoms with Gasteiger partial charge in [0.25, 0.3) is 11.1 Å². The van der Waals surface area contributed by atoms with Crippen molar-refractivity contribution in [2.75, 3.05) is 38.2 Å². The largest absolute Gasteiger partial charge is 0.379 e. The fourth-order valence-corrected chi connectivity index (χ4v) is 6.15. The summed E-state index contributed by atoms with van der Waals surface area (Å²) in [4.78, 5) is 47.5. The molecule has 1 N–H and O–H groups in total. The highest BCUT2D eigenvalue weighted by Gasteiger charge is 2.23. The first-order valence-corrected chi connectivity index (χ1v) is 14.2. The van der Waals surface area contributed by atoms with Gasteiger partial charge < -0.3 is 14.6 Å². The van der Waals surface area contributed by atoms with Crippen LogP contribution in [0, 0.1) is 6.92 Å². The number of benzene rings is 2. The van der Waals surface area contributed by atoms with E-state index in [9.17, 15) is 14.4 Å². The number of carbonyl (C=O) groups excluding carboxylic acids is 1. The van der Waals surface area contributed by atoms with Crippen molar-refractivity contribution in [3.8, 4) is 5.13 Å². The summed E-state index contributed by atoms with van der Waals surface area (Å²) in [5.41, 5.74) is 1.71. The first kappa shape index (κ1) is 26.5. The van der Waals surface area contributed by atoms with Crippen LogP contribution in [0.1, 0.15) is 5.69 Å². The quantitative estimate of drug-likeness (QED) is 0.317. The number of rotatable bonds is 7. The maximum atomic E-state index is 14.0. The normalized spacial score (nSPS) is 14.2. The highest BCUT2D eigenvalue weighted by atomic mass is 35.5. The summed E-state index contributed by atoms with van der Waals surface area (Å²) in [5.74, 6) is -0.358. The molecule has 0 saturated carbocycles. The Bertz CT molecular complexity index is 1800. The Morgan fingerprint density at radius 2 is 1.82 bits per heavy atom. The Balaban J connectivity index is 1.44. The average Bonchev–Trinajstić information content (AvgIpc) is 3.48. The number of nitrogens with zero attached hydrogens (tertiary/aromatic N) is 5. The number of fused-ring (bicyclic) bond motifs is 2. The van der Waals surface area contributed by atoms with Crippen LogP contribution in [0.3, 0.4) is 0 Å². The van der Waals surface area contributed by atoms with Gasteiger partial charge in [0, 0.05) is 48.6 Å². The van der Waals surface area contributed by atoms with Gasteiger partial charge in [0.2, 0.25) is 11.0 Å². The van der Waals surface area contributed by atoms with Crippen LogP contribution in [-0.2, 0) is 22.6 Å². The zero-order valence-electron chi connectivity index (χ0n) is 21.8. The number of halogens is 1. The third-order valence-electron chi connectivity index (χ3n) is 7.10. The maximum absolute atomic E-state index is 14.0. The van der Waals surface area contributed by atoms with Gasteiger partial charge in [0.1, 0.15) is 6.54 Å². The Labute approximate surface area is 238 Å². The molecular weight excluding hydrogens is 552 g/mol. The molecule has 0 aliphatic carbocycles. The Morgan fingerprint density at radius 1 is 1.07 bits per heavy atom. The van der Waals surface area contributed by atoms with Crippen molar-refractivity contribution in [3.63, 3.8) is 0 Å². The first-order chi connectivity index (χ1) is 19.4. The van der Waals surface area contributed by atoms with Crippen molar-refractivity contribution in [3.05, 3.63) is 86.0 Å². The molecule has 0 spiro atoms. The van der Waals surface area contributed by atoms with Crippen molar-refractivity contribution in [1.82, 2.24) is 23.8 Å². The molecule has 2 aromatic carbocycles.